The van der Waals surface area contributed by atoms with Gasteiger partial charge in [0.05, 0.1) is 0 Å². The molecule has 24 heavy (non-hydrogen) atoms. The minimum absolute atomic E-state index is 0.171. The van der Waals surface area contributed by atoms with E-state index in [0.717, 1.165) is 32.4 Å². The van der Waals surface area contributed by atoms with Gasteiger partial charge in [0.25, 0.3) is 0 Å². The van der Waals surface area contributed by atoms with Crippen LogP contribution in [-0.4, -0.2) is 29.7 Å². The quantitative estimate of drug-likeness (QED) is 0.659. The highest BCUT2D eigenvalue weighted by Gasteiger charge is 2.41. The molecule has 0 bridgehead atoms. The highest BCUT2D eigenvalue weighted by molar-refractivity contribution is 5.72. The summed E-state index contributed by atoms with van der Waals surface area (Å²) in [5.41, 5.74) is 4.16. The fourth-order valence-electron chi connectivity index (χ4n) is 4.13. The standard InChI is InChI=1S/C21H29NO2/c1-5-16-10-11-21(18-9-7-6-8-17(16)18)12-14-22(15-13-21)19(23)24-20(2,3)4/h5-9H,10-15H2,1-4H3/b16-5+. The van der Waals surface area contributed by atoms with Gasteiger partial charge in [-0.05, 0) is 75.5 Å². The summed E-state index contributed by atoms with van der Waals surface area (Å²) in [5.74, 6) is 0. The van der Waals surface area contributed by atoms with Crippen LogP contribution in [0.3, 0.4) is 0 Å². The Balaban J connectivity index is 1.77. The lowest BCUT2D eigenvalue weighted by Crippen LogP contribution is -2.47. The van der Waals surface area contributed by atoms with Crippen LogP contribution in [0, 0.1) is 0 Å². The second-order valence-electron chi connectivity index (χ2n) is 8.11. The van der Waals surface area contributed by atoms with Crippen LogP contribution in [0.4, 0.5) is 4.79 Å². The molecule has 2 aliphatic rings. The molecule has 1 aliphatic heterocycles. The molecule has 0 atom stereocenters. The maximum atomic E-state index is 12.3. The lowest BCUT2D eigenvalue weighted by molar-refractivity contribution is 0.0158. The minimum atomic E-state index is -0.426. The Bertz CT molecular complexity index is 646. The van der Waals surface area contributed by atoms with Crippen LogP contribution >= 0.6 is 0 Å². The summed E-state index contributed by atoms with van der Waals surface area (Å²) in [6.07, 6.45) is 6.46. The molecule has 3 rings (SSSR count). The number of ether oxygens (including phenoxy) is 1. The Morgan fingerprint density at radius 3 is 2.46 bits per heavy atom. The molecule has 1 spiro atoms. The molecule has 0 saturated carbocycles. The van der Waals surface area contributed by atoms with Crippen molar-refractivity contribution in [2.75, 3.05) is 13.1 Å². The van der Waals surface area contributed by atoms with E-state index in [0.29, 0.717) is 0 Å². The van der Waals surface area contributed by atoms with E-state index < -0.39 is 5.60 Å². The lowest BCUT2D eigenvalue weighted by Gasteiger charge is -2.46. The van der Waals surface area contributed by atoms with Crippen LogP contribution in [0.15, 0.2) is 30.3 Å². The van der Waals surface area contributed by atoms with Crippen molar-refractivity contribution in [1.82, 2.24) is 4.90 Å². The van der Waals surface area contributed by atoms with Crippen LogP contribution in [-0.2, 0) is 10.2 Å². The molecule has 0 radical (unpaired) electrons. The van der Waals surface area contributed by atoms with Gasteiger partial charge in [0.2, 0.25) is 0 Å². The van der Waals surface area contributed by atoms with Crippen molar-refractivity contribution < 1.29 is 9.53 Å². The summed E-state index contributed by atoms with van der Waals surface area (Å²) in [6, 6.07) is 8.84. The molecule has 1 aliphatic carbocycles. The van der Waals surface area contributed by atoms with Gasteiger partial charge >= 0.3 is 6.09 Å². The monoisotopic (exact) mass is 327 g/mol. The van der Waals surface area contributed by atoms with E-state index in [1.807, 2.05) is 25.7 Å². The molecular weight excluding hydrogens is 298 g/mol. The van der Waals surface area contributed by atoms with Gasteiger partial charge in [0.1, 0.15) is 5.60 Å². The maximum Gasteiger partial charge on any atom is 0.410 e. The van der Waals surface area contributed by atoms with Crippen molar-refractivity contribution in [3.63, 3.8) is 0 Å². The molecule has 1 fully saturated rings. The number of allylic oxidation sites excluding steroid dienone is 2. The topological polar surface area (TPSA) is 29.5 Å². The van der Waals surface area contributed by atoms with Crippen molar-refractivity contribution in [1.29, 1.82) is 0 Å². The van der Waals surface area contributed by atoms with Crippen LogP contribution < -0.4 is 0 Å². The van der Waals surface area contributed by atoms with E-state index in [4.69, 9.17) is 4.74 Å². The van der Waals surface area contributed by atoms with Gasteiger partial charge in [-0.25, -0.2) is 4.79 Å². The third-order valence-electron chi connectivity index (χ3n) is 5.44. The Morgan fingerprint density at radius 2 is 1.83 bits per heavy atom. The number of hydrogen-bond donors (Lipinski definition) is 0. The SMILES string of the molecule is C/C=C1\CCC2(CCN(C(=O)OC(C)(C)C)CC2)c2ccccc21. The normalized spacial score (nSPS) is 21.7. The third kappa shape index (κ3) is 3.22. The van der Waals surface area contributed by atoms with Gasteiger partial charge in [-0.15, -0.1) is 0 Å². The smallest absolute Gasteiger partial charge is 0.410 e. The number of amides is 1. The second-order valence-corrected chi connectivity index (χ2v) is 8.11. The predicted octanol–water partition coefficient (Wildman–Crippen LogP) is 5.15. The van der Waals surface area contributed by atoms with E-state index in [2.05, 4.69) is 37.3 Å². The molecule has 0 aromatic heterocycles. The first-order valence-electron chi connectivity index (χ1n) is 9.08. The first-order chi connectivity index (χ1) is 11.3. The number of carbonyl (C=O) groups excluding carboxylic acids is 1. The van der Waals surface area contributed by atoms with Crippen molar-refractivity contribution in [3.8, 4) is 0 Å². The number of likely N-dealkylation sites (tertiary alicyclic amines) is 1. The second kappa shape index (κ2) is 6.27. The molecule has 0 N–H and O–H groups in total. The van der Waals surface area contributed by atoms with Crippen LogP contribution in [0.1, 0.15) is 64.5 Å². The number of carbonyl (C=O) groups is 1. The van der Waals surface area contributed by atoms with E-state index in [9.17, 15) is 4.79 Å². The molecule has 1 heterocycles. The molecular formula is C21H29NO2. The van der Waals surface area contributed by atoms with Gasteiger partial charge in [-0.3, -0.25) is 0 Å². The minimum Gasteiger partial charge on any atom is -0.444 e. The Morgan fingerprint density at radius 1 is 1.17 bits per heavy atom. The largest absolute Gasteiger partial charge is 0.444 e. The average Bonchev–Trinajstić information content (AvgIpc) is 2.55. The Hall–Kier alpha value is -1.77. The zero-order valence-electron chi connectivity index (χ0n) is 15.4. The Kier molecular flexibility index (Phi) is 4.46. The summed E-state index contributed by atoms with van der Waals surface area (Å²) in [6.45, 7) is 9.48. The van der Waals surface area contributed by atoms with Crippen molar-refractivity contribution in [2.24, 2.45) is 0 Å². The van der Waals surface area contributed by atoms with Gasteiger partial charge in [-0.2, -0.15) is 0 Å². The third-order valence-corrected chi connectivity index (χ3v) is 5.44. The molecule has 3 nitrogen and oxygen atoms in total. The number of fused-ring (bicyclic) bond motifs is 2. The fraction of sp³-hybridized carbons (Fsp3) is 0.571. The highest BCUT2D eigenvalue weighted by Crippen LogP contribution is 2.48. The molecule has 1 saturated heterocycles. The van der Waals surface area contributed by atoms with E-state index in [-0.39, 0.29) is 11.5 Å². The fourth-order valence-corrected chi connectivity index (χ4v) is 4.13. The zero-order chi connectivity index (χ0) is 17.4. The van der Waals surface area contributed by atoms with Crippen LogP contribution in [0.25, 0.3) is 5.57 Å². The zero-order valence-corrected chi connectivity index (χ0v) is 15.4. The summed E-state index contributed by atoms with van der Waals surface area (Å²) >= 11 is 0. The molecule has 1 amide bonds. The maximum absolute atomic E-state index is 12.3. The van der Waals surface area contributed by atoms with E-state index in [1.54, 1.807) is 0 Å². The Labute approximate surface area is 145 Å². The molecule has 130 valence electrons. The summed E-state index contributed by atoms with van der Waals surface area (Å²) in [7, 11) is 0. The number of benzene rings is 1. The van der Waals surface area contributed by atoms with E-state index in [1.165, 1.54) is 23.1 Å². The summed E-state index contributed by atoms with van der Waals surface area (Å²) in [4.78, 5) is 14.2. The first-order valence-corrected chi connectivity index (χ1v) is 9.08. The van der Waals surface area contributed by atoms with Crippen LogP contribution in [0.5, 0.6) is 0 Å². The van der Waals surface area contributed by atoms with Gasteiger partial charge in [-0.1, -0.05) is 30.3 Å². The number of piperidine rings is 1. The molecule has 3 heteroatoms. The summed E-state index contributed by atoms with van der Waals surface area (Å²) in [5, 5.41) is 0. The van der Waals surface area contributed by atoms with Crippen molar-refractivity contribution in [3.05, 3.63) is 41.5 Å². The van der Waals surface area contributed by atoms with E-state index >= 15 is 0 Å². The lowest BCUT2D eigenvalue weighted by atomic mass is 9.63. The van der Waals surface area contributed by atoms with Gasteiger partial charge in [0, 0.05) is 13.1 Å². The van der Waals surface area contributed by atoms with Crippen molar-refractivity contribution in [2.45, 2.75) is 64.4 Å². The molecule has 0 unspecified atom stereocenters. The molecule has 1 aromatic carbocycles. The first kappa shape index (κ1) is 17.1. The summed E-state index contributed by atoms with van der Waals surface area (Å²) < 4.78 is 5.53. The number of hydrogen-bond acceptors (Lipinski definition) is 2. The number of nitrogens with zero attached hydrogens (tertiary/aromatic N) is 1. The van der Waals surface area contributed by atoms with Crippen LogP contribution in [0.2, 0.25) is 0 Å². The average molecular weight is 327 g/mol. The van der Waals surface area contributed by atoms with Gasteiger partial charge < -0.3 is 9.64 Å². The highest BCUT2D eigenvalue weighted by atomic mass is 16.6. The number of rotatable bonds is 0. The van der Waals surface area contributed by atoms with Crippen molar-refractivity contribution >= 4 is 11.7 Å². The van der Waals surface area contributed by atoms with Gasteiger partial charge in [0.15, 0.2) is 0 Å². The predicted molar refractivity (Wildman–Crippen MR) is 98.0 cm³/mol. The molecule has 1 aromatic rings.